The van der Waals surface area contributed by atoms with Crippen LogP contribution in [0.5, 0.6) is 5.75 Å². The number of nitrogens with zero attached hydrogens (tertiary/aromatic N) is 2. The minimum atomic E-state index is -4.62. The Hall–Kier alpha value is -2.78. The van der Waals surface area contributed by atoms with Gasteiger partial charge in [0.15, 0.2) is 10.9 Å². The van der Waals surface area contributed by atoms with Crippen LogP contribution >= 0.6 is 23.4 Å². The predicted octanol–water partition coefficient (Wildman–Crippen LogP) is 5.65. The number of aromatic nitrogens is 2. The van der Waals surface area contributed by atoms with Crippen LogP contribution in [0.3, 0.4) is 0 Å². The minimum Gasteiger partial charge on any atom is -0.495 e. The molecule has 0 saturated carbocycles. The fraction of sp³-hybridized carbons (Fsp3) is 0.227. The van der Waals surface area contributed by atoms with Gasteiger partial charge in [-0.3, -0.25) is 4.79 Å². The maximum absolute atomic E-state index is 13.7. The third kappa shape index (κ3) is 4.68. The lowest BCUT2D eigenvalue weighted by molar-refractivity contribution is -0.142. The van der Waals surface area contributed by atoms with Gasteiger partial charge in [-0.05, 0) is 36.6 Å². The number of anilines is 1. The molecule has 1 amide bonds. The van der Waals surface area contributed by atoms with Gasteiger partial charge in [-0.1, -0.05) is 47.6 Å². The number of methoxy groups -OCH3 is 1. The van der Waals surface area contributed by atoms with Crippen LogP contribution < -0.4 is 10.1 Å². The summed E-state index contributed by atoms with van der Waals surface area (Å²) in [5, 5.41) is 2.94. The Kier molecular flexibility index (Phi) is 6.30. The number of hydrogen-bond donors (Lipinski definition) is 1. The third-order valence-corrected chi connectivity index (χ3v) is 6.02. The van der Waals surface area contributed by atoms with Crippen LogP contribution in [0.2, 0.25) is 5.02 Å². The van der Waals surface area contributed by atoms with Crippen molar-refractivity contribution in [1.29, 1.82) is 0 Å². The molecule has 0 radical (unpaired) electrons. The fourth-order valence-corrected chi connectivity index (χ4v) is 4.36. The van der Waals surface area contributed by atoms with E-state index in [9.17, 15) is 18.0 Å². The molecule has 3 aromatic rings. The number of fused-ring (bicyclic) bond motifs is 3. The van der Waals surface area contributed by atoms with Crippen LogP contribution in [-0.2, 0) is 23.8 Å². The van der Waals surface area contributed by atoms with Gasteiger partial charge in [-0.2, -0.15) is 13.2 Å². The molecule has 0 unspecified atom stereocenters. The average molecular weight is 480 g/mol. The van der Waals surface area contributed by atoms with Gasteiger partial charge in [-0.25, -0.2) is 9.97 Å². The molecule has 1 N–H and O–H groups in total. The summed E-state index contributed by atoms with van der Waals surface area (Å²) in [4.78, 5) is 20.6. The molecule has 0 atom stereocenters. The molecule has 0 spiro atoms. The predicted molar refractivity (Wildman–Crippen MR) is 117 cm³/mol. The summed E-state index contributed by atoms with van der Waals surface area (Å²) in [6.07, 6.45) is -3.92. The van der Waals surface area contributed by atoms with E-state index in [0.717, 1.165) is 17.3 Å². The number of hydrogen-bond acceptors (Lipinski definition) is 5. The highest BCUT2D eigenvalue weighted by atomic mass is 35.5. The molecule has 0 aliphatic heterocycles. The average Bonchev–Trinajstić information content (AvgIpc) is 2.76. The monoisotopic (exact) mass is 479 g/mol. The molecule has 1 aromatic heterocycles. The van der Waals surface area contributed by atoms with Crippen molar-refractivity contribution in [3.8, 4) is 17.0 Å². The maximum atomic E-state index is 13.7. The number of amides is 1. The van der Waals surface area contributed by atoms with Crippen molar-refractivity contribution in [3.63, 3.8) is 0 Å². The van der Waals surface area contributed by atoms with Crippen molar-refractivity contribution < 1.29 is 22.7 Å². The van der Waals surface area contributed by atoms with Crippen LogP contribution in [0.15, 0.2) is 47.6 Å². The van der Waals surface area contributed by atoms with Gasteiger partial charge in [0.1, 0.15) is 5.75 Å². The van der Waals surface area contributed by atoms with E-state index in [1.54, 1.807) is 24.3 Å². The molecule has 0 bridgehead atoms. The van der Waals surface area contributed by atoms with E-state index in [-0.39, 0.29) is 28.6 Å². The highest BCUT2D eigenvalue weighted by Gasteiger charge is 2.38. The van der Waals surface area contributed by atoms with E-state index in [2.05, 4.69) is 15.3 Å². The van der Waals surface area contributed by atoms with Crippen molar-refractivity contribution in [2.45, 2.75) is 24.2 Å². The maximum Gasteiger partial charge on any atom is 0.433 e. The molecule has 10 heteroatoms. The molecular formula is C22H17ClF3N3O2S. The fourth-order valence-electron chi connectivity index (χ4n) is 3.55. The number of carbonyl (C=O) groups excluding carboxylic acids is 1. The van der Waals surface area contributed by atoms with Crippen LogP contribution in [-0.4, -0.2) is 28.7 Å². The number of alkyl halides is 3. The first-order valence-corrected chi connectivity index (χ1v) is 10.9. The van der Waals surface area contributed by atoms with Crippen molar-refractivity contribution in [2.24, 2.45) is 0 Å². The smallest absolute Gasteiger partial charge is 0.433 e. The molecule has 1 heterocycles. The Balaban J connectivity index is 1.60. The van der Waals surface area contributed by atoms with E-state index >= 15 is 0 Å². The van der Waals surface area contributed by atoms with E-state index in [1.165, 1.54) is 13.2 Å². The van der Waals surface area contributed by atoms with E-state index in [0.29, 0.717) is 28.4 Å². The Morgan fingerprint density at radius 2 is 1.97 bits per heavy atom. The minimum absolute atomic E-state index is 0.0914. The highest BCUT2D eigenvalue weighted by molar-refractivity contribution is 7.99. The number of halogens is 4. The molecule has 0 fully saturated rings. The first-order valence-electron chi connectivity index (χ1n) is 9.59. The summed E-state index contributed by atoms with van der Waals surface area (Å²) < 4.78 is 46.4. The first kappa shape index (κ1) is 22.4. The number of rotatable bonds is 5. The molecule has 1 aliphatic carbocycles. The second kappa shape index (κ2) is 8.99. The van der Waals surface area contributed by atoms with Gasteiger partial charge in [0, 0.05) is 16.1 Å². The summed E-state index contributed by atoms with van der Waals surface area (Å²) in [7, 11) is 1.45. The molecule has 1 aliphatic rings. The van der Waals surface area contributed by atoms with Crippen molar-refractivity contribution >= 4 is 35.0 Å². The molecule has 166 valence electrons. The lowest BCUT2D eigenvalue weighted by atomic mass is 9.88. The molecule has 32 heavy (non-hydrogen) atoms. The molecule has 4 rings (SSSR count). The second-order valence-corrected chi connectivity index (χ2v) is 8.40. The van der Waals surface area contributed by atoms with Crippen LogP contribution in [0.4, 0.5) is 18.9 Å². The largest absolute Gasteiger partial charge is 0.495 e. The zero-order valence-corrected chi connectivity index (χ0v) is 18.4. The van der Waals surface area contributed by atoms with E-state index < -0.39 is 17.8 Å². The normalized spacial score (nSPS) is 12.7. The SMILES string of the molecule is COc1ccc(Cl)cc1NC(=O)CSc1nc2c(c(C(F)(F)F)n1)CCc1ccccc1-2. The van der Waals surface area contributed by atoms with Crippen molar-refractivity contribution in [3.05, 3.63) is 64.3 Å². The summed E-state index contributed by atoms with van der Waals surface area (Å²) in [5.74, 6) is -0.229. The number of carbonyl (C=O) groups is 1. The number of benzene rings is 2. The Morgan fingerprint density at radius 3 is 2.72 bits per heavy atom. The summed E-state index contributed by atoms with van der Waals surface area (Å²) in [6.45, 7) is 0. The molecule has 0 saturated heterocycles. The Bertz CT molecular complexity index is 1190. The van der Waals surface area contributed by atoms with Crippen molar-refractivity contribution in [2.75, 3.05) is 18.2 Å². The van der Waals surface area contributed by atoms with E-state index in [1.807, 2.05) is 12.1 Å². The second-order valence-electron chi connectivity index (χ2n) is 7.02. The first-order chi connectivity index (χ1) is 15.3. The van der Waals surface area contributed by atoms with E-state index in [4.69, 9.17) is 16.3 Å². The molecule has 5 nitrogen and oxygen atoms in total. The topological polar surface area (TPSA) is 64.1 Å². The van der Waals surface area contributed by atoms with Gasteiger partial charge in [0.05, 0.1) is 24.2 Å². The molecular weight excluding hydrogens is 463 g/mol. The zero-order valence-electron chi connectivity index (χ0n) is 16.8. The van der Waals surface area contributed by atoms with Gasteiger partial charge < -0.3 is 10.1 Å². The van der Waals surface area contributed by atoms with Crippen LogP contribution in [0.25, 0.3) is 11.3 Å². The van der Waals surface area contributed by atoms with Gasteiger partial charge >= 0.3 is 6.18 Å². The van der Waals surface area contributed by atoms with Crippen LogP contribution in [0, 0.1) is 0 Å². The van der Waals surface area contributed by atoms with Gasteiger partial charge in [-0.15, -0.1) is 0 Å². The van der Waals surface area contributed by atoms with Crippen LogP contribution in [0.1, 0.15) is 16.8 Å². The molecule has 2 aromatic carbocycles. The third-order valence-electron chi connectivity index (χ3n) is 4.94. The standard InChI is InChI=1S/C22H17ClF3N3O2S/c1-31-17-9-7-13(23)10-16(17)27-18(30)11-32-21-28-19-14-5-3-2-4-12(14)6-8-15(19)20(29-21)22(24,25)26/h2-5,7,9-10H,6,8,11H2,1H3,(H,27,30). The lowest BCUT2D eigenvalue weighted by Crippen LogP contribution is -2.19. The Labute approximate surface area is 191 Å². The van der Waals surface area contributed by atoms with Crippen molar-refractivity contribution in [1.82, 2.24) is 9.97 Å². The number of nitrogens with one attached hydrogen (secondary N) is 1. The quantitative estimate of drug-likeness (QED) is 0.378. The number of aryl methyl sites for hydroxylation is 1. The summed E-state index contributed by atoms with van der Waals surface area (Å²) in [5.41, 5.74) is 1.38. The Morgan fingerprint density at radius 1 is 1.19 bits per heavy atom. The summed E-state index contributed by atoms with van der Waals surface area (Å²) >= 11 is 6.80. The van der Waals surface area contributed by atoms with Gasteiger partial charge in [0.25, 0.3) is 0 Å². The number of thioether (sulfide) groups is 1. The lowest BCUT2D eigenvalue weighted by Gasteiger charge is -2.22. The zero-order chi connectivity index (χ0) is 22.9. The summed E-state index contributed by atoms with van der Waals surface area (Å²) in [6, 6.07) is 12.0. The van der Waals surface area contributed by atoms with Gasteiger partial charge in [0.2, 0.25) is 5.91 Å². The highest BCUT2D eigenvalue weighted by Crippen LogP contribution is 2.40. The number of ether oxygens (including phenoxy) is 1.